The zero-order valence-corrected chi connectivity index (χ0v) is 15.8. The van der Waals surface area contributed by atoms with Crippen molar-refractivity contribution in [2.75, 3.05) is 18.5 Å². The highest BCUT2D eigenvalue weighted by Gasteiger charge is 2.21. The number of hydrogen-bond donors (Lipinski definition) is 2. The fourth-order valence-corrected chi connectivity index (χ4v) is 3.99. The van der Waals surface area contributed by atoms with Crippen molar-refractivity contribution in [3.63, 3.8) is 0 Å². The van der Waals surface area contributed by atoms with Crippen LogP contribution in [0.25, 0.3) is 0 Å². The maximum absolute atomic E-state index is 14.3. The monoisotopic (exact) mass is 412 g/mol. The van der Waals surface area contributed by atoms with E-state index >= 15 is 0 Å². The number of amides is 1. The molecule has 0 spiro atoms. The molecule has 1 aliphatic rings. The van der Waals surface area contributed by atoms with Gasteiger partial charge in [-0.1, -0.05) is 23.7 Å². The van der Waals surface area contributed by atoms with Gasteiger partial charge in [0.2, 0.25) is 10.0 Å². The normalized spacial score (nSPS) is 17.0. The highest BCUT2D eigenvalue weighted by Crippen LogP contribution is 2.22. The van der Waals surface area contributed by atoms with E-state index in [1.807, 2.05) is 0 Å². The van der Waals surface area contributed by atoms with E-state index < -0.39 is 21.7 Å². The first-order valence-corrected chi connectivity index (χ1v) is 10.2. The van der Waals surface area contributed by atoms with Gasteiger partial charge in [0.15, 0.2) is 0 Å². The van der Waals surface area contributed by atoms with Crippen LogP contribution in [0.2, 0.25) is 5.02 Å². The van der Waals surface area contributed by atoms with Crippen LogP contribution in [0.4, 0.5) is 10.1 Å². The topological polar surface area (TPSA) is 84.5 Å². The first kappa shape index (κ1) is 19.8. The molecule has 0 aliphatic carbocycles. The lowest BCUT2D eigenvalue weighted by molar-refractivity contribution is 0.102. The Balaban J connectivity index is 1.71. The van der Waals surface area contributed by atoms with Crippen LogP contribution in [0, 0.1) is 5.82 Å². The standard InChI is InChI=1S/C18H18ClFN2O4S/c19-15-6-2-1-5-14(15)18(23)22-17-8-7-13(10-16(17)20)27(24,25)21-11-12-4-3-9-26-12/h1-2,5-8,10,12,21H,3-4,9,11H2,(H,22,23). The second-order valence-electron chi connectivity index (χ2n) is 6.06. The molecular weight excluding hydrogens is 395 g/mol. The van der Waals surface area contributed by atoms with Crippen LogP contribution in [0.5, 0.6) is 0 Å². The zero-order chi connectivity index (χ0) is 19.4. The summed E-state index contributed by atoms with van der Waals surface area (Å²) in [5.41, 5.74) is 0.0477. The maximum atomic E-state index is 14.3. The molecule has 9 heteroatoms. The van der Waals surface area contributed by atoms with Crippen molar-refractivity contribution in [2.45, 2.75) is 23.8 Å². The molecule has 6 nitrogen and oxygen atoms in total. The third kappa shape index (κ3) is 4.84. The molecule has 1 atom stereocenters. The second kappa shape index (κ2) is 8.35. The van der Waals surface area contributed by atoms with Crippen molar-refractivity contribution in [3.05, 3.63) is 58.9 Å². The van der Waals surface area contributed by atoms with Crippen molar-refractivity contribution in [1.82, 2.24) is 4.72 Å². The van der Waals surface area contributed by atoms with Gasteiger partial charge in [-0.2, -0.15) is 0 Å². The number of benzene rings is 2. The van der Waals surface area contributed by atoms with Crippen LogP contribution >= 0.6 is 11.6 Å². The van der Waals surface area contributed by atoms with Crippen LogP contribution in [0.15, 0.2) is 47.4 Å². The Morgan fingerprint density at radius 3 is 2.70 bits per heavy atom. The van der Waals surface area contributed by atoms with E-state index in [4.69, 9.17) is 16.3 Å². The molecule has 0 bridgehead atoms. The summed E-state index contributed by atoms with van der Waals surface area (Å²) < 4.78 is 46.7. The fraction of sp³-hybridized carbons (Fsp3) is 0.278. The van der Waals surface area contributed by atoms with Gasteiger partial charge in [0.1, 0.15) is 5.82 Å². The van der Waals surface area contributed by atoms with E-state index in [0.717, 1.165) is 18.9 Å². The Bertz CT molecular complexity index is 946. The number of ether oxygens (including phenoxy) is 1. The van der Waals surface area contributed by atoms with Gasteiger partial charge in [-0.3, -0.25) is 4.79 Å². The number of halogens is 2. The molecule has 144 valence electrons. The van der Waals surface area contributed by atoms with Crippen molar-refractivity contribution in [1.29, 1.82) is 0 Å². The molecular formula is C18H18ClFN2O4S. The molecule has 0 radical (unpaired) electrons. The summed E-state index contributed by atoms with van der Waals surface area (Å²) >= 11 is 5.95. The number of hydrogen-bond acceptors (Lipinski definition) is 4. The first-order chi connectivity index (χ1) is 12.9. The highest BCUT2D eigenvalue weighted by atomic mass is 35.5. The third-order valence-corrected chi connectivity index (χ3v) is 5.89. The summed E-state index contributed by atoms with van der Waals surface area (Å²) in [5, 5.41) is 2.62. The molecule has 1 fully saturated rings. The summed E-state index contributed by atoms with van der Waals surface area (Å²) in [4.78, 5) is 12.0. The molecule has 1 unspecified atom stereocenters. The van der Waals surface area contributed by atoms with Gasteiger partial charge >= 0.3 is 0 Å². The van der Waals surface area contributed by atoms with E-state index in [-0.39, 0.29) is 33.8 Å². The number of anilines is 1. The van der Waals surface area contributed by atoms with Crippen molar-refractivity contribution in [3.8, 4) is 0 Å². The van der Waals surface area contributed by atoms with Crippen LogP contribution in [-0.4, -0.2) is 33.6 Å². The molecule has 1 amide bonds. The minimum absolute atomic E-state index is 0.134. The van der Waals surface area contributed by atoms with E-state index in [1.165, 1.54) is 18.2 Å². The molecule has 1 aliphatic heterocycles. The van der Waals surface area contributed by atoms with Crippen LogP contribution < -0.4 is 10.0 Å². The number of carbonyl (C=O) groups is 1. The largest absolute Gasteiger partial charge is 0.377 e. The van der Waals surface area contributed by atoms with Gasteiger partial charge in [-0.05, 0) is 43.2 Å². The number of sulfonamides is 1. The number of nitrogens with one attached hydrogen (secondary N) is 2. The van der Waals surface area contributed by atoms with E-state index in [0.29, 0.717) is 6.61 Å². The molecule has 2 aromatic rings. The summed E-state index contributed by atoms with van der Waals surface area (Å²) in [5.74, 6) is -1.46. The number of carbonyl (C=O) groups excluding carboxylic acids is 1. The minimum Gasteiger partial charge on any atom is -0.377 e. The maximum Gasteiger partial charge on any atom is 0.257 e. The lowest BCUT2D eigenvalue weighted by Crippen LogP contribution is -2.31. The molecule has 0 saturated carbocycles. The predicted octanol–water partition coefficient (Wildman–Crippen LogP) is 3.19. The summed E-state index contributed by atoms with van der Waals surface area (Å²) in [6.45, 7) is 0.746. The molecule has 27 heavy (non-hydrogen) atoms. The second-order valence-corrected chi connectivity index (χ2v) is 8.24. The lowest BCUT2D eigenvalue weighted by Gasteiger charge is -2.12. The van der Waals surface area contributed by atoms with Gasteiger partial charge in [0, 0.05) is 13.2 Å². The van der Waals surface area contributed by atoms with Gasteiger partial charge < -0.3 is 10.1 Å². The van der Waals surface area contributed by atoms with Crippen molar-refractivity contribution >= 4 is 33.2 Å². The summed E-state index contributed by atoms with van der Waals surface area (Å²) in [6.07, 6.45) is 1.50. The fourth-order valence-electron chi connectivity index (χ4n) is 2.69. The molecule has 3 rings (SSSR count). The average molecular weight is 413 g/mol. The lowest BCUT2D eigenvalue weighted by atomic mass is 10.2. The van der Waals surface area contributed by atoms with Gasteiger partial charge in [0.05, 0.1) is 27.3 Å². The van der Waals surface area contributed by atoms with Gasteiger partial charge in [0.25, 0.3) is 5.91 Å². The average Bonchev–Trinajstić information content (AvgIpc) is 3.15. The van der Waals surface area contributed by atoms with Crippen molar-refractivity contribution in [2.24, 2.45) is 0 Å². The first-order valence-electron chi connectivity index (χ1n) is 8.33. The molecule has 0 aromatic heterocycles. The molecule has 2 aromatic carbocycles. The van der Waals surface area contributed by atoms with Crippen LogP contribution in [0.1, 0.15) is 23.2 Å². The Morgan fingerprint density at radius 2 is 2.04 bits per heavy atom. The van der Waals surface area contributed by atoms with Crippen molar-refractivity contribution < 1.29 is 22.3 Å². The van der Waals surface area contributed by atoms with Gasteiger partial charge in [-0.15, -0.1) is 0 Å². The molecule has 1 saturated heterocycles. The van der Waals surface area contributed by atoms with E-state index in [9.17, 15) is 17.6 Å². The van der Waals surface area contributed by atoms with E-state index in [2.05, 4.69) is 10.0 Å². The number of rotatable bonds is 6. The SMILES string of the molecule is O=C(Nc1ccc(S(=O)(=O)NCC2CCCO2)cc1F)c1ccccc1Cl. The zero-order valence-electron chi connectivity index (χ0n) is 14.2. The Labute approximate surface area is 161 Å². The van der Waals surface area contributed by atoms with Crippen LogP contribution in [-0.2, 0) is 14.8 Å². The summed E-state index contributed by atoms with van der Waals surface area (Å²) in [7, 11) is -3.88. The minimum atomic E-state index is -3.88. The Kier molecular flexibility index (Phi) is 6.11. The van der Waals surface area contributed by atoms with Crippen LogP contribution in [0.3, 0.4) is 0 Å². The Hall–Kier alpha value is -2.00. The summed E-state index contributed by atoms with van der Waals surface area (Å²) in [6, 6.07) is 9.63. The quantitative estimate of drug-likeness (QED) is 0.763. The smallest absolute Gasteiger partial charge is 0.257 e. The molecule has 1 heterocycles. The van der Waals surface area contributed by atoms with Gasteiger partial charge in [-0.25, -0.2) is 17.5 Å². The predicted molar refractivity (Wildman–Crippen MR) is 100.0 cm³/mol. The Morgan fingerprint density at radius 1 is 1.26 bits per heavy atom. The third-order valence-electron chi connectivity index (χ3n) is 4.14. The highest BCUT2D eigenvalue weighted by molar-refractivity contribution is 7.89. The molecule has 2 N–H and O–H groups in total. The van der Waals surface area contributed by atoms with E-state index in [1.54, 1.807) is 18.2 Å².